The molecular formula is C44H51ClN8O7S2. The van der Waals surface area contributed by atoms with Gasteiger partial charge in [0.25, 0.3) is 10.0 Å². The van der Waals surface area contributed by atoms with Gasteiger partial charge in [0.05, 0.1) is 16.0 Å². The molecule has 3 heterocycles. The maximum Gasteiger partial charge on any atom is 0.264 e. The van der Waals surface area contributed by atoms with Crippen LogP contribution in [0.2, 0.25) is 5.02 Å². The van der Waals surface area contributed by atoms with Crippen molar-refractivity contribution in [2.75, 3.05) is 20.2 Å². The third-order valence-electron chi connectivity index (χ3n) is 10.7. The number of aliphatic hydroxyl groups excluding tert-OH is 1. The Balaban J connectivity index is 1.48. The van der Waals surface area contributed by atoms with Crippen LogP contribution in [0.5, 0.6) is 0 Å². The molecule has 6 rings (SSSR count). The standard InChI is InChI=1S/C44H51ClN8O7S2/c1-27(55)52-62(59,60)31-16-14-28(15-17-31)32-18-19-35(45)40-34(32)26-50-42(57)39(23-30-25-48-36-11-4-3-10-33(30)36)53(2)44(58)38(12-5-6-20-46)51-41(56)37(13-8-22-54)49-24-29-9-7-21-47-43(29)61-40/h3-4,7,9-11,14-19,21,25,37-39,48-49,54H,5-6,8,12-13,20,22-24,26,46H2,1-2H3,(H,50,57)(H,51,56)(H,52,55)/t37-,38-,39?/m0/s1. The van der Waals surface area contributed by atoms with E-state index in [-0.39, 0.29) is 43.9 Å². The molecule has 0 radical (unpaired) electrons. The number of nitrogens with two attached hydrogens (primary N) is 1. The number of nitrogens with one attached hydrogen (secondary N) is 5. The molecule has 1 aliphatic rings. The number of pyridine rings is 1. The van der Waals surface area contributed by atoms with E-state index in [1.165, 1.54) is 28.8 Å². The van der Waals surface area contributed by atoms with Crippen LogP contribution in [0, 0.1) is 0 Å². The smallest absolute Gasteiger partial charge is 0.264 e. The Labute approximate surface area is 370 Å². The Morgan fingerprint density at radius 3 is 2.47 bits per heavy atom. The van der Waals surface area contributed by atoms with Gasteiger partial charge in [-0.1, -0.05) is 65.8 Å². The van der Waals surface area contributed by atoms with Gasteiger partial charge in [-0.3, -0.25) is 19.2 Å². The fourth-order valence-electron chi connectivity index (χ4n) is 7.45. The van der Waals surface area contributed by atoms with Gasteiger partial charge in [0, 0.05) is 68.3 Å². The lowest BCUT2D eigenvalue weighted by molar-refractivity contribution is -0.142. The minimum atomic E-state index is -4.11. The van der Waals surface area contributed by atoms with Crippen molar-refractivity contribution in [3.63, 3.8) is 0 Å². The number of fused-ring (bicyclic) bond motifs is 3. The average Bonchev–Trinajstić information content (AvgIpc) is 3.67. The summed E-state index contributed by atoms with van der Waals surface area (Å²) in [7, 11) is -2.55. The van der Waals surface area contributed by atoms with Crippen LogP contribution in [0.25, 0.3) is 22.0 Å². The van der Waals surface area contributed by atoms with E-state index in [0.29, 0.717) is 57.4 Å². The van der Waals surface area contributed by atoms with Crippen LogP contribution in [0.4, 0.5) is 0 Å². The van der Waals surface area contributed by atoms with Gasteiger partial charge >= 0.3 is 0 Å². The molecule has 1 unspecified atom stereocenters. The number of rotatable bonds is 12. The molecule has 18 heteroatoms. The quantitative estimate of drug-likeness (QED) is 0.0869. The van der Waals surface area contributed by atoms with Crippen molar-refractivity contribution in [2.45, 2.75) is 91.5 Å². The highest BCUT2D eigenvalue weighted by atomic mass is 35.5. The fourth-order valence-corrected chi connectivity index (χ4v) is 9.78. The second-order valence-corrected chi connectivity index (χ2v) is 18.1. The molecule has 328 valence electrons. The average molecular weight is 904 g/mol. The van der Waals surface area contributed by atoms with E-state index in [0.717, 1.165) is 29.0 Å². The summed E-state index contributed by atoms with van der Waals surface area (Å²) in [5.41, 5.74) is 10.1. The molecule has 0 saturated heterocycles. The van der Waals surface area contributed by atoms with Crippen molar-refractivity contribution in [1.29, 1.82) is 0 Å². The molecule has 0 aliphatic carbocycles. The van der Waals surface area contributed by atoms with Crippen LogP contribution >= 0.6 is 23.4 Å². The van der Waals surface area contributed by atoms with E-state index >= 15 is 0 Å². The second kappa shape index (κ2) is 21.2. The number of carbonyl (C=O) groups is 4. The number of aliphatic hydroxyl groups is 1. The molecule has 0 bridgehead atoms. The van der Waals surface area contributed by atoms with Gasteiger partial charge in [-0.05, 0) is 96.8 Å². The molecule has 62 heavy (non-hydrogen) atoms. The second-order valence-electron chi connectivity index (χ2n) is 15.0. The first-order valence-corrected chi connectivity index (χ1v) is 23.0. The zero-order chi connectivity index (χ0) is 44.4. The number of hydrogen-bond donors (Lipinski definition) is 7. The molecule has 0 spiro atoms. The van der Waals surface area contributed by atoms with Crippen molar-refractivity contribution in [3.05, 3.63) is 107 Å². The Morgan fingerprint density at radius 1 is 0.968 bits per heavy atom. The third-order valence-corrected chi connectivity index (χ3v) is 13.8. The van der Waals surface area contributed by atoms with Crippen molar-refractivity contribution < 1.29 is 32.7 Å². The molecule has 15 nitrogen and oxygen atoms in total. The molecule has 4 amide bonds. The lowest BCUT2D eigenvalue weighted by Gasteiger charge is -2.32. The van der Waals surface area contributed by atoms with Gasteiger partial charge in [-0.25, -0.2) is 18.1 Å². The number of H-pyrrole nitrogens is 1. The number of halogens is 1. The van der Waals surface area contributed by atoms with Crippen molar-refractivity contribution in [2.24, 2.45) is 5.73 Å². The maximum absolute atomic E-state index is 14.8. The third kappa shape index (κ3) is 11.2. The number of carbonyl (C=O) groups excluding carboxylic acids is 4. The number of hydrogen-bond acceptors (Lipinski definition) is 11. The van der Waals surface area contributed by atoms with E-state index in [2.05, 4.69) is 25.9 Å². The molecule has 3 atom stereocenters. The van der Waals surface area contributed by atoms with Crippen LogP contribution in [0.3, 0.4) is 0 Å². The van der Waals surface area contributed by atoms with Crippen LogP contribution < -0.4 is 26.4 Å². The van der Waals surface area contributed by atoms with Crippen LogP contribution in [-0.2, 0) is 48.7 Å². The Kier molecular flexibility index (Phi) is 15.8. The minimum Gasteiger partial charge on any atom is -0.396 e. The maximum atomic E-state index is 14.8. The molecule has 2 aromatic heterocycles. The van der Waals surface area contributed by atoms with E-state index in [1.807, 2.05) is 41.3 Å². The Bertz CT molecular complexity index is 2520. The van der Waals surface area contributed by atoms with E-state index < -0.39 is 51.8 Å². The van der Waals surface area contributed by atoms with E-state index in [1.54, 1.807) is 43.6 Å². The zero-order valence-electron chi connectivity index (χ0n) is 34.4. The normalized spacial score (nSPS) is 18.0. The topological polar surface area (TPSA) is 229 Å². The lowest BCUT2D eigenvalue weighted by atomic mass is 9.98. The summed E-state index contributed by atoms with van der Waals surface area (Å²) in [6.07, 6.45) is 5.64. The molecule has 1 aliphatic heterocycles. The number of unbranched alkanes of at least 4 members (excludes halogenated alkanes) is 1. The summed E-state index contributed by atoms with van der Waals surface area (Å²) < 4.78 is 27.6. The highest BCUT2D eigenvalue weighted by Gasteiger charge is 2.34. The molecule has 8 N–H and O–H groups in total. The number of para-hydroxylation sites is 1. The van der Waals surface area contributed by atoms with Crippen molar-refractivity contribution >= 4 is 67.9 Å². The van der Waals surface area contributed by atoms with E-state index in [9.17, 15) is 32.7 Å². The number of sulfonamides is 1. The van der Waals surface area contributed by atoms with Gasteiger partial charge in [0.1, 0.15) is 17.1 Å². The monoisotopic (exact) mass is 902 g/mol. The number of likely N-dealkylation sites (N-methyl/N-ethyl adjacent to an activating group) is 1. The number of nitrogens with zero attached hydrogens (tertiary/aromatic N) is 2. The van der Waals surface area contributed by atoms with Gasteiger partial charge < -0.3 is 36.7 Å². The first-order chi connectivity index (χ1) is 29.8. The highest BCUT2D eigenvalue weighted by molar-refractivity contribution is 7.99. The number of benzene rings is 3. The number of aromatic nitrogens is 2. The summed E-state index contributed by atoms with van der Waals surface area (Å²) >= 11 is 8.28. The fraction of sp³-hybridized carbons (Fsp3) is 0.341. The van der Waals surface area contributed by atoms with Gasteiger partial charge in [-0.2, -0.15) is 0 Å². The summed E-state index contributed by atoms with van der Waals surface area (Å²) in [5.74, 6) is -2.07. The number of aromatic amines is 1. The predicted octanol–water partition coefficient (Wildman–Crippen LogP) is 4.40. The first kappa shape index (κ1) is 46.2. The molecular weight excluding hydrogens is 852 g/mol. The summed E-state index contributed by atoms with van der Waals surface area (Å²) in [4.78, 5) is 64.9. The first-order valence-electron chi connectivity index (χ1n) is 20.3. The molecule has 0 fully saturated rings. The summed E-state index contributed by atoms with van der Waals surface area (Å²) in [6, 6.07) is 18.0. The van der Waals surface area contributed by atoms with Crippen LogP contribution in [0.15, 0.2) is 100 Å². The molecule has 0 saturated carbocycles. The van der Waals surface area contributed by atoms with Crippen LogP contribution in [-0.4, -0.2) is 90.3 Å². The predicted molar refractivity (Wildman–Crippen MR) is 238 cm³/mol. The van der Waals surface area contributed by atoms with Crippen molar-refractivity contribution in [1.82, 2.24) is 35.5 Å². The minimum absolute atomic E-state index is 0.0598. The molecule has 3 aromatic carbocycles. The SMILES string of the molecule is CC(=O)NS(=O)(=O)c1ccc(-c2ccc(Cl)c3c2CNC(=O)C(Cc2c[nH]c4ccccc24)N(C)C(=O)[C@H](CCCCN)NC(=O)[C@H](CCCO)NCc2cccnc2S3)cc1. The summed E-state index contributed by atoms with van der Waals surface area (Å²) in [5, 5.41) is 21.0. The van der Waals surface area contributed by atoms with Crippen LogP contribution in [0.1, 0.15) is 55.7 Å². The lowest BCUT2D eigenvalue weighted by Crippen LogP contribution is -2.57. The summed E-state index contributed by atoms with van der Waals surface area (Å²) in [6.45, 7) is 1.51. The Hall–Kier alpha value is -5.30. The van der Waals surface area contributed by atoms with E-state index in [4.69, 9.17) is 17.3 Å². The largest absolute Gasteiger partial charge is 0.396 e. The Morgan fingerprint density at radius 2 is 1.73 bits per heavy atom. The van der Waals surface area contributed by atoms with Gasteiger partial charge in [0.2, 0.25) is 23.6 Å². The van der Waals surface area contributed by atoms with Crippen molar-refractivity contribution in [3.8, 4) is 11.1 Å². The number of amides is 4. The van der Waals surface area contributed by atoms with Gasteiger partial charge in [-0.15, -0.1) is 0 Å². The molecule has 5 aromatic rings. The highest BCUT2D eigenvalue weighted by Crippen LogP contribution is 2.41. The zero-order valence-corrected chi connectivity index (χ0v) is 36.8. The van der Waals surface area contributed by atoms with Gasteiger partial charge in [0.15, 0.2) is 0 Å².